The van der Waals surface area contributed by atoms with E-state index in [1.807, 2.05) is 0 Å². The van der Waals surface area contributed by atoms with Gasteiger partial charge in [0.1, 0.15) is 5.75 Å². The number of anilines is 1. The number of phenols is 1. The molecule has 2 amide bonds. The molecule has 0 radical (unpaired) electrons. The predicted octanol–water partition coefficient (Wildman–Crippen LogP) is 3.31. The summed E-state index contributed by atoms with van der Waals surface area (Å²) in [6.07, 6.45) is 2.21. The van der Waals surface area contributed by atoms with Gasteiger partial charge < -0.3 is 15.3 Å². The molecule has 0 aromatic heterocycles. The van der Waals surface area contributed by atoms with E-state index < -0.39 is 0 Å². The molecule has 1 heterocycles. The second-order valence-electron chi connectivity index (χ2n) is 4.79. The fraction of sp³-hybridized carbons (Fsp3) is 0.462. The molecular weight excluding hydrogens is 252 g/mol. The van der Waals surface area contributed by atoms with E-state index in [9.17, 15) is 9.90 Å². The third-order valence-electron chi connectivity index (χ3n) is 3.14. The molecule has 1 aliphatic heterocycles. The van der Waals surface area contributed by atoms with E-state index in [1.54, 1.807) is 17.0 Å². The van der Waals surface area contributed by atoms with Crippen molar-refractivity contribution in [2.24, 2.45) is 5.92 Å². The van der Waals surface area contributed by atoms with Crippen LogP contribution in [0.4, 0.5) is 10.5 Å². The molecule has 1 aromatic rings. The maximum absolute atomic E-state index is 12.0. The van der Waals surface area contributed by atoms with Crippen molar-refractivity contribution in [3.05, 3.63) is 23.2 Å². The molecule has 0 spiro atoms. The molecule has 0 aliphatic carbocycles. The maximum Gasteiger partial charge on any atom is 0.321 e. The lowest BCUT2D eigenvalue weighted by Gasteiger charge is -2.30. The fourth-order valence-corrected chi connectivity index (χ4v) is 2.28. The number of amides is 2. The molecule has 1 aliphatic rings. The number of urea groups is 1. The Kier molecular flexibility index (Phi) is 3.97. The highest BCUT2D eigenvalue weighted by Crippen LogP contribution is 2.26. The zero-order chi connectivity index (χ0) is 13.1. The number of rotatable bonds is 1. The lowest BCUT2D eigenvalue weighted by molar-refractivity contribution is 0.182. The first-order valence-corrected chi connectivity index (χ1v) is 6.48. The summed E-state index contributed by atoms with van der Waals surface area (Å²) in [5.74, 6) is 0.518. The minimum absolute atomic E-state index is 0.0264. The first-order chi connectivity index (χ1) is 8.56. The van der Waals surface area contributed by atoms with Gasteiger partial charge in [-0.3, -0.25) is 0 Å². The second kappa shape index (κ2) is 5.48. The summed E-state index contributed by atoms with van der Waals surface area (Å²) in [7, 11) is 0. The third kappa shape index (κ3) is 3.07. The van der Waals surface area contributed by atoms with Crippen LogP contribution in [0.25, 0.3) is 0 Å². The van der Waals surface area contributed by atoms with Crippen molar-refractivity contribution in [1.29, 1.82) is 0 Å². The van der Waals surface area contributed by atoms with Gasteiger partial charge in [-0.15, -0.1) is 0 Å². The minimum atomic E-state index is -0.122. The Morgan fingerprint density at radius 2 is 2.33 bits per heavy atom. The van der Waals surface area contributed by atoms with Crippen LogP contribution >= 0.6 is 11.6 Å². The van der Waals surface area contributed by atoms with Crippen LogP contribution in [0.15, 0.2) is 18.2 Å². The van der Waals surface area contributed by atoms with E-state index in [0.29, 0.717) is 11.6 Å². The van der Waals surface area contributed by atoms with E-state index >= 15 is 0 Å². The molecule has 1 saturated heterocycles. The van der Waals surface area contributed by atoms with Crippen LogP contribution in [-0.2, 0) is 0 Å². The Morgan fingerprint density at radius 3 is 3.00 bits per heavy atom. The molecule has 2 rings (SSSR count). The van der Waals surface area contributed by atoms with Crippen molar-refractivity contribution < 1.29 is 9.90 Å². The predicted molar refractivity (Wildman–Crippen MR) is 72.1 cm³/mol. The van der Waals surface area contributed by atoms with E-state index in [0.717, 1.165) is 19.5 Å². The van der Waals surface area contributed by atoms with Crippen molar-refractivity contribution in [2.75, 3.05) is 18.4 Å². The minimum Gasteiger partial charge on any atom is -0.506 e. The van der Waals surface area contributed by atoms with E-state index in [2.05, 4.69) is 12.2 Å². The van der Waals surface area contributed by atoms with Crippen LogP contribution in [0.3, 0.4) is 0 Å². The van der Waals surface area contributed by atoms with Gasteiger partial charge in [0, 0.05) is 24.8 Å². The van der Waals surface area contributed by atoms with Gasteiger partial charge >= 0.3 is 6.03 Å². The SMILES string of the molecule is CC1CCCN(C(=O)Nc2ccc(Cl)c(O)c2)C1. The van der Waals surface area contributed by atoms with E-state index in [4.69, 9.17) is 11.6 Å². The van der Waals surface area contributed by atoms with Crippen molar-refractivity contribution >= 4 is 23.3 Å². The first kappa shape index (κ1) is 13.0. The summed E-state index contributed by atoms with van der Waals surface area (Å²) in [4.78, 5) is 13.8. The molecule has 2 N–H and O–H groups in total. The molecule has 1 fully saturated rings. The average molecular weight is 269 g/mol. The van der Waals surface area contributed by atoms with Gasteiger partial charge in [0.05, 0.1) is 5.02 Å². The molecule has 98 valence electrons. The zero-order valence-corrected chi connectivity index (χ0v) is 11.1. The molecule has 18 heavy (non-hydrogen) atoms. The Balaban J connectivity index is 2.00. The Morgan fingerprint density at radius 1 is 1.56 bits per heavy atom. The largest absolute Gasteiger partial charge is 0.506 e. The summed E-state index contributed by atoms with van der Waals surface area (Å²) in [6, 6.07) is 4.56. The highest BCUT2D eigenvalue weighted by atomic mass is 35.5. The van der Waals surface area contributed by atoms with E-state index in [1.165, 1.54) is 12.5 Å². The quantitative estimate of drug-likeness (QED) is 0.821. The molecule has 1 aromatic carbocycles. The van der Waals surface area contributed by atoms with Crippen molar-refractivity contribution in [3.8, 4) is 5.75 Å². The summed E-state index contributed by atoms with van der Waals surface area (Å²) in [5.41, 5.74) is 0.556. The average Bonchev–Trinajstić information content (AvgIpc) is 2.34. The van der Waals surface area contributed by atoms with Crippen molar-refractivity contribution in [3.63, 3.8) is 0 Å². The van der Waals surface area contributed by atoms with Gasteiger partial charge in [-0.1, -0.05) is 18.5 Å². The normalized spacial score (nSPS) is 19.7. The number of piperidine rings is 1. The van der Waals surface area contributed by atoms with Gasteiger partial charge in [0.25, 0.3) is 0 Å². The summed E-state index contributed by atoms with van der Waals surface area (Å²) in [6.45, 7) is 3.72. The number of nitrogens with zero attached hydrogens (tertiary/aromatic N) is 1. The number of carbonyl (C=O) groups is 1. The number of hydrogen-bond acceptors (Lipinski definition) is 2. The molecule has 1 atom stereocenters. The number of likely N-dealkylation sites (tertiary alicyclic amines) is 1. The molecule has 5 heteroatoms. The van der Waals surface area contributed by atoms with Gasteiger partial charge in [0.2, 0.25) is 0 Å². The fourth-order valence-electron chi connectivity index (χ4n) is 2.17. The lowest BCUT2D eigenvalue weighted by atomic mass is 10.0. The molecule has 0 bridgehead atoms. The standard InChI is InChI=1S/C13H17ClN2O2/c1-9-3-2-6-16(8-9)13(18)15-10-4-5-11(14)12(17)7-10/h4-5,7,9,17H,2-3,6,8H2,1H3,(H,15,18). The zero-order valence-electron chi connectivity index (χ0n) is 10.3. The monoisotopic (exact) mass is 268 g/mol. The number of halogens is 1. The maximum atomic E-state index is 12.0. The summed E-state index contributed by atoms with van der Waals surface area (Å²) in [5, 5.41) is 12.5. The number of hydrogen-bond donors (Lipinski definition) is 2. The topological polar surface area (TPSA) is 52.6 Å². The van der Waals surface area contributed by atoms with Gasteiger partial charge in [-0.2, -0.15) is 0 Å². The molecular formula is C13H17ClN2O2. The number of aromatic hydroxyl groups is 1. The highest BCUT2D eigenvalue weighted by molar-refractivity contribution is 6.32. The van der Waals surface area contributed by atoms with Crippen LogP contribution in [-0.4, -0.2) is 29.1 Å². The van der Waals surface area contributed by atoms with Crippen LogP contribution in [0.2, 0.25) is 5.02 Å². The third-order valence-corrected chi connectivity index (χ3v) is 3.46. The smallest absolute Gasteiger partial charge is 0.321 e. The van der Waals surface area contributed by atoms with Crippen LogP contribution in [0, 0.1) is 5.92 Å². The molecule has 0 saturated carbocycles. The number of carbonyl (C=O) groups excluding carboxylic acids is 1. The number of nitrogens with one attached hydrogen (secondary N) is 1. The first-order valence-electron chi connectivity index (χ1n) is 6.10. The molecule has 4 nitrogen and oxygen atoms in total. The van der Waals surface area contributed by atoms with Crippen molar-refractivity contribution in [2.45, 2.75) is 19.8 Å². The second-order valence-corrected chi connectivity index (χ2v) is 5.20. The Bertz CT molecular complexity index is 451. The van der Waals surface area contributed by atoms with Crippen LogP contribution in [0.1, 0.15) is 19.8 Å². The number of phenolic OH excluding ortho intramolecular Hbond substituents is 1. The van der Waals surface area contributed by atoms with Crippen molar-refractivity contribution in [1.82, 2.24) is 4.90 Å². The summed E-state index contributed by atoms with van der Waals surface area (Å²) < 4.78 is 0. The van der Waals surface area contributed by atoms with Gasteiger partial charge in [0.15, 0.2) is 0 Å². The van der Waals surface area contributed by atoms with Crippen LogP contribution < -0.4 is 5.32 Å². The van der Waals surface area contributed by atoms with E-state index in [-0.39, 0.29) is 16.8 Å². The Hall–Kier alpha value is -1.42. The highest BCUT2D eigenvalue weighted by Gasteiger charge is 2.20. The number of benzene rings is 1. The Labute approximate surface area is 112 Å². The van der Waals surface area contributed by atoms with Gasteiger partial charge in [-0.05, 0) is 30.9 Å². The molecule has 1 unspecified atom stereocenters. The van der Waals surface area contributed by atoms with Crippen LogP contribution in [0.5, 0.6) is 5.75 Å². The lowest BCUT2D eigenvalue weighted by Crippen LogP contribution is -2.41. The van der Waals surface area contributed by atoms with Gasteiger partial charge in [-0.25, -0.2) is 4.79 Å². The summed E-state index contributed by atoms with van der Waals surface area (Å²) >= 11 is 5.71.